The van der Waals surface area contributed by atoms with Gasteiger partial charge in [-0.2, -0.15) is 0 Å². The van der Waals surface area contributed by atoms with E-state index < -0.39 is 14.0 Å². The van der Waals surface area contributed by atoms with Crippen molar-refractivity contribution in [3.05, 3.63) is 124 Å². The van der Waals surface area contributed by atoms with Crippen LogP contribution < -0.4 is 5.46 Å². The molecule has 3 saturated heterocycles. The fourth-order valence-corrected chi connectivity index (χ4v) is 7.56. The highest BCUT2D eigenvalue weighted by Crippen LogP contribution is 2.43. The van der Waals surface area contributed by atoms with Gasteiger partial charge < -0.3 is 32.9 Å². The van der Waals surface area contributed by atoms with Gasteiger partial charge in [0.25, 0.3) is 0 Å². The van der Waals surface area contributed by atoms with Crippen LogP contribution in [0.3, 0.4) is 0 Å². The summed E-state index contributed by atoms with van der Waals surface area (Å²) in [5, 5.41) is 1.24. The van der Waals surface area contributed by atoms with Gasteiger partial charge in [0, 0.05) is 21.1 Å². The molecule has 1 N–H and O–H groups in total. The quantitative estimate of drug-likeness (QED) is 0.182. The maximum atomic E-state index is 6.18. The molecule has 4 aromatic carbocycles. The third-order valence-corrected chi connectivity index (χ3v) is 13.5. The molecule has 4 aliphatic rings. The smallest absolute Gasteiger partial charge is 0.405 e. The molecule has 7 nitrogen and oxygen atoms in total. The summed E-state index contributed by atoms with van der Waals surface area (Å²) in [6.45, 7) is 24.6. The second kappa shape index (κ2) is 15.6. The molecule has 58 heavy (non-hydrogen) atoms. The number of allylic oxidation sites excluding steroid dienone is 1. The SMILES string of the molecule is Brc1ccc2cc(-c3ccccc3)[nH]c2c1.CC1(C)OB(B2OC(C)(C)C(C)(C)O2)OC1(C)C.CC1(C)OB(c2ccc3c(c2)CC(c2ccccc2)=C3)OC1(C)C. The Labute approximate surface area is 355 Å². The van der Waals surface area contributed by atoms with E-state index in [1.54, 1.807) is 0 Å². The molecule has 0 atom stereocenters. The molecule has 11 heteroatoms. The van der Waals surface area contributed by atoms with Gasteiger partial charge in [0.15, 0.2) is 0 Å². The number of benzene rings is 4. The molecule has 5 aromatic rings. The highest BCUT2D eigenvalue weighted by Gasteiger charge is 2.63. The molecule has 1 aromatic heterocycles. The molecule has 302 valence electrons. The van der Waals surface area contributed by atoms with Gasteiger partial charge in [0.1, 0.15) is 0 Å². The molecule has 3 aliphatic heterocycles. The number of nitrogens with one attached hydrogen (secondary N) is 1. The highest BCUT2D eigenvalue weighted by molar-refractivity contribution is 9.10. The molecular formula is C47H57B3BrNO6. The van der Waals surface area contributed by atoms with Crippen LogP contribution >= 0.6 is 15.9 Å². The van der Waals surface area contributed by atoms with Crippen molar-refractivity contribution in [1.82, 2.24) is 4.98 Å². The minimum Gasteiger partial charge on any atom is -0.405 e. The van der Waals surface area contributed by atoms with E-state index in [9.17, 15) is 0 Å². The van der Waals surface area contributed by atoms with E-state index in [2.05, 4.69) is 152 Å². The summed E-state index contributed by atoms with van der Waals surface area (Å²) in [6.07, 6.45) is 3.26. The maximum absolute atomic E-state index is 6.18. The van der Waals surface area contributed by atoms with Gasteiger partial charge in [-0.25, -0.2) is 0 Å². The predicted molar refractivity (Wildman–Crippen MR) is 244 cm³/mol. The van der Waals surface area contributed by atoms with Gasteiger partial charge in [-0.05, 0) is 141 Å². The van der Waals surface area contributed by atoms with Gasteiger partial charge in [0.05, 0.1) is 33.6 Å². The number of H-pyrrole nitrogens is 1. The van der Waals surface area contributed by atoms with Crippen molar-refractivity contribution >= 4 is 65.1 Å². The van der Waals surface area contributed by atoms with Gasteiger partial charge in [-0.15, -0.1) is 0 Å². The van der Waals surface area contributed by atoms with Gasteiger partial charge in [-0.1, -0.05) is 107 Å². The van der Waals surface area contributed by atoms with Gasteiger partial charge in [-0.3, -0.25) is 0 Å². The molecule has 0 saturated carbocycles. The summed E-state index contributed by atoms with van der Waals surface area (Å²) in [5.74, 6) is 0. The summed E-state index contributed by atoms with van der Waals surface area (Å²) in [4.78, 5) is 3.42. The van der Waals surface area contributed by atoms with Crippen molar-refractivity contribution in [2.24, 2.45) is 0 Å². The van der Waals surface area contributed by atoms with E-state index in [0.29, 0.717) is 0 Å². The summed E-state index contributed by atoms with van der Waals surface area (Å²) >= 11 is 3.48. The highest BCUT2D eigenvalue weighted by atomic mass is 79.9. The second-order valence-corrected chi connectivity index (χ2v) is 19.7. The number of rotatable bonds is 4. The lowest BCUT2D eigenvalue weighted by Crippen LogP contribution is -2.41. The second-order valence-electron chi connectivity index (χ2n) is 18.8. The van der Waals surface area contributed by atoms with Crippen LogP contribution in [0.2, 0.25) is 0 Å². The third-order valence-electron chi connectivity index (χ3n) is 13.0. The number of fused-ring (bicyclic) bond motifs is 2. The van der Waals surface area contributed by atoms with Gasteiger partial charge >= 0.3 is 21.1 Å². The molecule has 9 rings (SSSR count). The number of hydrogen-bond acceptors (Lipinski definition) is 6. The Hall–Kier alpha value is -3.41. The van der Waals surface area contributed by atoms with Crippen LogP contribution in [0, 0.1) is 0 Å². The largest absolute Gasteiger partial charge is 0.494 e. The first-order valence-corrected chi connectivity index (χ1v) is 21.2. The zero-order valence-electron chi connectivity index (χ0n) is 36.2. The summed E-state index contributed by atoms with van der Waals surface area (Å²) < 4.78 is 37.3. The third kappa shape index (κ3) is 8.60. The number of halogens is 1. The van der Waals surface area contributed by atoms with Gasteiger partial charge in [0.2, 0.25) is 0 Å². The Morgan fingerprint density at radius 3 is 1.52 bits per heavy atom. The summed E-state index contributed by atoms with van der Waals surface area (Å²) in [6, 6.07) is 36.0. The number of hydrogen-bond donors (Lipinski definition) is 1. The van der Waals surface area contributed by atoms with Crippen molar-refractivity contribution in [2.75, 3.05) is 0 Å². The van der Waals surface area contributed by atoms with E-state index in [1.807, 2.05) is 61.5 Å². The van der Waals surface area contributed by atoms with E-state index in [-0.39, 0.29) is 40.7 Å². The van der Waals surface area contributed by atoms with Crippen LogP contribution in [0.5, 0.6) is 0 Å². The lowest BCUT2D eigenvalue weighted by atomic mass is 9.49. The fourth-order valence-electron chi connectivity index (χ4n) is 7.20. The standard InChI is InChI=1S/C21H23BO2.C14H10BrN.C12H24B2O4/c1-20(2)21(3,4)24-22(23-20)19-11-10-16-12-17(13-18(16)14-19)15-8-6-5-7-9-15;15-12-7-6-11-8-13(16-14(11)9-12)10-4-2-1-3-5-10;1-9(2)10(3,4)16-13(15-9)14-17-11(5,6)12(7,8)18-14/h5-12,14H,13H2,1-4H3;1-9,16H;1-8H3. The minimum absolute atomic E-state index is 0.291. The Bertz CT molecular complexity index is 2200. The molecular weight excluding hydrogens is 787 g/mol. The first-order valence-electron chi connectivity index (χ1n) is 20.4. The van der Waals surface area contributed by atoms with Crippen LogP contribution in [-0.2, 0) is 34.3 Å². The molecule has 4 heterocycles. The molecule has 1 aliphatic carbocycles. The summed E-state index contributed by atoms with van der Waals surface area (Å²) in [7, 11) is -1.24. The molecule has 0 spiro atoms. The maximum Gasteiger partial charge on any atom is 0.494 e. The zero-order valence-corrected chi connectivity index (χ0v) is 37.7. The first-order chi connectivity index (χ1) is 27.1. The average Bonchev–Trinajstić information content (AvgIpc) is 3.92. The first kappa shape index (κ1) is 42.7. The van der Waals surface area contributed by atoms with Crippen molar-refractivity contribution in [3.63, 3.8) is 0 Å². The molecule has 0 radical (unpaired) electrons. The van der Waals surface area contributed by atoms with E-state index >= 15 is 0 Å². The van der Waals surface area contributed by atoms with E-state index in [0.717, 1.165) is 27.6 Å². The molecule has 0 unspecified atom stereocenters. The fraction of sp³-hybridized carbons (Fsp3) is 0.404. The van der Waals surface area contributed by atoms with Crippen LogP contribution in [0.25, 0.3) is 33.8 Å². The Morgan fingerprint density at radius 1 is 0.517 bits per heavy atom. The predicted octanol–water partition coefficient (Wildman–Crippen LogP) is 10.9. The Morgan fingerprint density at radius 2 is 1.00 bits per heavy atom. The lowest BCUT2D eigenvalue weighted by Gasteiger charge is -2.32. The minimum atomic E-state index is -0.476. The van der Waals surface area contributed by atoms with Crippen molar-refractivity contribution < 1.29 is 27.9 Å². The molecule has 3 fully saturated rings. The topological polar surface area (TPSA) is 71.2 Å². The van der Waals surface area contributed by atoms with Crippen molar-refractivity contribution in [3.8, 4) is 11.3 Å². The van der Waals surface area contributed by atoms with E-state index in [4.69, 9.17) is 27.9 Å². The van der Waals surface area contributed by atoms with Crippen LogP contribution in [0.4, 0.5) is 0 Å². The molecule has 0 bridgehead atoms. The number of aromatic amines is 1. The zero-order chi connectivity index (χ0) is 41.9. The van der Waals surface area contributed by atoms with Crippen LogP contribution in [0.1, 0.15) is 99.8 Å². The molecule has 0 amide bonds. The summed E-state index contributed by atoms with van der Waals surface area (Å²) in [5.41, 5.74) is 7.92. The van der Waals surface area contributed by atoms with E-state index in [1.165, 1.54) is 33.2 Å². The Balaban J connectivity index is 0.000000136. The number of aromatic nitrogens is 1. The van der Waals surface area contributed by atoms with Crippen molar-refractivity contribution in [1.29, 1.82) is 0 Å². The monoisotopic (exact) mass is 843 g/mol. The van der Waals surface area contributed by atoms with Crippen LogP contribution in [0.15, 0.2) is 108 Å². The van der Waals surface area contributed by atoms with Crippen LogP contribution in [-0.4, -0.2) is 59.7 Å². The Kier molecular flexibility index (Phi) is 11.5. The lowest BCUT2D eigenvalue weighted by molar-refractivity contribution is 0.00578. The normalized spacial score (nSPS) is 21.5. The average molecular weight is 844 g/mol. The van der Waals surface area contributed by atoms with Crippen molar-refractivity contribution in [2.45, 2.75) is 123 Å².